The molecule has 1 aromatic rings. The van der Waals surface area contributed by atoms with Crippen molar-refractivity contribution in [2.75, 3.05) is 13.2 Å². The molecule has 1 aromatic carbocycles. The first-order chi connectivity index (χ1) is 13.8. The van der Waals surface area contributed by atoms with Gasteiger partial charge in [0.15, 0.2) is 0 Å². The average Bonchev–Trinajstić information content (AvgIpc) is 2.71. The molecular weight excluding hydrogens is 364 g/mol. The third-order valence-corrected chi connectivity index (χ3v) is 7.27. The van der Waals surface area contributed by atoms with Crippen molar-refractivity contribution >= 4 is 5.97 Å². The first-order valence-corrected chi connectivity index (χ1v) is 11.3. The van der Waals surface area contributed by atoms with E-state index in [4.69, 9.17) is 4.74 Å². The number of ether oxygens (including phenoxy) is 1. The molecule has 0 bridgehead atoms. The van der Waals surface area contributed by atoms with Crippen LogP contribution >= 0.6 is 0 Å². The number of rotatable bonds is 10. The van der Waals surface area contributed by atoms with Crippen molar-refractivity contribution in [1.29, 1.82) is 0 Å². The fraction of sp³-hybridized carbons (Fsp3) is 0.720. The largest absolute Gasteiger partial charge is 0.462 e. The first kappa shape index (κ1) is 23.9. The monoisotopic (exact) mass is 404 g/mol. The zero-order valence-corrected chi connectivity index (χ0v) is 18.7. The number of carbonyl (C=O) groups is 1. The smallest absolute Gasteiger partial charge is 0.312 e. The number of aliphatic hydroxyl groups excluding tert-OH is 2. The van der Waals surface area contributed by atoms with Crippen LogP contribution in [0.15, 0.2) is 30.3 Å². The van der Waals surface area contributed by atoms with E-state index in [9.17, 15) is 15.0 Å². The van der Waals surface area contributed by atoms with Gasteiger partial charge in [-0.2, -0.15) is 0 Å². The van der Waals surface area contributed by atoms with E-state index in [1.165, 1.54) is 5.56 Å². The SMILES string of the molecule is CC[C@@](CCO)(CCCO)C(=O)O[C@@H]1C[C@H](C)CC[C@H]1C(C)(C)c1ccccc1. The van der Waals surface area contributed by atoms with Crippen molar-refractivity contribution in [2.45, 2.75) is 84.2 Å². The minimum Gasteiger partial charge on any atom is -0.462 e. The molecule has 0 aliphatic heterocycles. The molecule has 2 N–H and O–H groups in total. The number of benzene rings is 1. The Bertz CT molecular complexity index is 627. The van der Waals surface area contributed by atoms with Crippen LogP contribution in [0.25, 0.3) is 0 Å². The third kappa shape index (κ3) is 5.61. The molecule has 4 nitrogen and oxygen atoms in total. The standard InChI is InChI=1S/C25H40O4/c1-5-25(15-17-27,14-9-16-26)23(28)29-22-18-19(2)12-13-21(22)24(3,4)20-10-7-6-8-11-20/h6-8,10-11,19,21-22,26-27H,5,9,12-18H2,1-4H3/t19-,21-,22-,25+/m1/s1. The fourth-order valence-corrected chi connectivity index (χ4v) is 5.09. The molecule has 0 heterocycles. The van der Waals surface area contributed by atoms with E-state index in [0.29, 0.717) is 31.6 Å². The molecule has 0 spiro atoms. The maximum atomic E-state index is 13.4. The predicted octanol–water partition coefficient (Wildman–Crippen LogP) is 4.86. The molecule has 0 radical (unpaired) electrons. The number of aliphatic hydroxyl groups is 2. The van der Waals surface area contributed by atoms with Crippen molar-refractivity contribution in [3.63, 3.8) is 0 Å². The van der Waals surface area contributed by atoms with E-state index < -0.39 is 5.41 Å². The second-order valence-electron chi connectivity index (χ2n) is 9.49. The van der Waals surface area contributed by atoms with Crippen LogP contribution < -0.4 is 0 Å². The summed E-state index contributed by atoms with van der Waals surface area (Å²) in [5.74, 6) is 0.587. The lowest BCUT2D eigenvalue weighted by molar-refractivity contribution is -0.171. The minimum atomic E-state index is -0.709. The highest BCUT2D eigenvalue weighted by atomic mass is 16.5. The van der Waals surface area contributed by atoms with Crippen LogP contribution in [0.5, 0.6) is 0 Å². The van der Waals surface area contributed by atoms with Crippen molar-refractivity contribution in [1.82, 2.24) is 0 Å². The van der Waals surface area contributed by atoms with Crippen LogP contribution in [0.1, 0.15) is 78.2 Å². The van der Waals surface area contributed by atoms with Crippen LogP contribution in [-0.2, 0) is 14.9 Å². The Kier molecular flexibility index (Phi) is 8.72. The highest BCUT2D eigenvalue weighted by Gasteiger charge is 2.45. The Balaban J connectivity index is 2.26. The molecule has 1 fully saturated rings. The van der Waals surface area contributed by atoms with E-state index in [0.717, 1.165) is 19.3 Å². The lowest BCUT2D eigenvalue weighted by Gasteiger charge is -2.45. The number of hydrogen-bond acceptors (Lipinski definition) is 4. The first-order valence-electron chi connectivity index (χ1n) is 11.3. The zero-order chi connectivity index (χ0) is 21.5. The highest BCUT2D eigenvalue weighted by molar-refractivity contribution is 5.77. The van der Waals surface area contributed by atoms with Gasteiger partial charge in [-0.25, -0.2) is 0 Å². The molecule has 1 aliphatic rings. The fourth-order valence-electron chi connectivity index (χ4n) is 5.09. The summed E-state index contributed by atoms with van der Waals surface area (Å²) in [5.41, 5.74) is 0.473. The van der Waals surface area contributed by atoms with Gasteiger partial charge in [-0.3, -0.25) is 4.79 Å². The summed E-state index contributed by atoms with van der Waals surface area (Å²) in [6.07, 6.45) is 5.04. The topological polar surface area (TPSA) is 66.8 Å². The van der Waals surface area contributed by atoms with Gasteiger partial charge in [0.25, 0.3) is 0 Å². The summed E-state index contributed by atoms with van der Waals surface area (Å²) in [7, 11) is 0. The van der Waals surface area contributed by atoms with Crippen LogP contribution in [-0.4, -0.2) is 35.5 Å². The average molecular weight is 405 g/mol. The van der Waals surface area contributed by atoms with Gasteiger partial charge in [-0.1, -0.05) is 64.4 Å². The maximum absolute atomic E-state index is 13.4. The Labute approximate surface area is 176 Å². The van der Waals surface area contributed by atoms with Crippen LogP contribution in [0.3, 0.4) is 0 Å². The van der Waals surface area contributed by atoms with Gasteiger partial charge in [0.2, 0.25) is 0 Å². The van der Waals surface area contributed by atoms with Gasteiger partial charge < -0.3 is 14.9 Å². The molecule has 1 aliphatic carbocycles. The Morgan fingerprint density at radius 1 is 1.10 bits per heavy atom. The summed E-state index contributed by atoms with van der Waals surface area (Å²) in [4.78, 5) is 13.4. The van der Waals surface area contributed by atoms with E-state index in [-0.39, 0.29) is 36.6 Å². The number of hydrogen-bond donors (Lipinski definition) is 2. The molecule has 4 heteroatoms. The van der Waals surface area contributed by atoms with Crippen LogP contribution in [0.4, 0.5) is 0 Å². The lowest BCUT2D eigenvalue weighted by atomic mass is 9.64. The summed E-state index contributed by atoms with van der Waals surface area (Å²) in [6.45, 7) is 8.73. The van der Waals surface area contributed by atoms with E-state index >= 15 is 0 Å². The quantitative estimate of drug-likeness (QED) is 0.546. The van der Waals surface area contributed by atoms with Gasteiger partial charge >= 0.3 is 5.97 Å². The molecule has 0 unspecified atom stereocenters. The van der Waals surface area contributed by atoms with E-state index in [2.05, 4.69) is 45.0 Å². The number of esters is 1. The van der Waals surface area contributed by atoms with Gasteiger partial charge in [0.1, 0.15) is 6.10 Å². The summed E-state index contributed by atoms with van der Waals surface area (Å²) in [6, 6.07) is 10.5. The molecule has 0 amide bonds. The van der Waals surface area contributed by atoms with Crippen molar-refractivity contribution in [3.8, 4) is 0 Å². The summed E-state index contributed by atoms with van der Waals surface area (Å²) in [5, 5.41) is 18.9. The normalized spacial score (nSPS) is 24.7. The predicted molar refractivity (Wildman–Crippen MR) is 117 cm³/mol. The molecule has 0 aromatic heterocycles. The molecule has 0 saturated heterocycles. The molecular formula is C25H40O4. The van der Waals surface area contributed by atoms with Crippen molar-refractivity contribution < 1.29 is 19.7 Å². The highest BCUT2D eigenvalue weighted by Crippen LogP contribution is 2.45. The minimum absolute atomic E-state index is 0.0462. The van der Waals surface area contributed by atoms with Crippen molar-refractivity contribution in [2.24, 2.45) is 17.3 Å². The van der Waals surface area contributed by atoms with E-state index in [1.54, 1.807) is 0 Å². The van der Waals surface area contributed by atoms with Crippen molar-refractivity contribution in [3.05, 3.63) is 35.9 Å². The molecule has 29 heavy (non-hydrogen) atoms. The van der Waals surface area contributed by atoms with Gasteiger partial charge in [0.05, 0.1) is 5.41 Å². The van der Waals surface area contributed by atoms with Gasteiger partial charge in [-0.15, -0.1) is 0 Å². The third-order valence-electron chi connectivity index (χ3n) is 7.27. The summed E-state index contributed by atoms with van der Waals surface area (Å²) >= 11 is 0. The lowest BCUT2D eigenvalue weighted by Crippen LogP contribution is -2.46. The van der Waals surface area contributed by atoms with Gasteiger partial charge in [0, 0.05) is 19.1 Å². The second-order valence-corrected chi connectivity index (χ2v) is 9.49. The number of carbonyl (C=O) groups excluding carboxylic acids is 1. The van der Waals surface area contributed by atoms with Gasteiger partial charge in [-0.05, 0) is 55.4 Å². The maximum Gasteiger partial charge on any atom is 0.312 e. The Morgan fingerprint density at radius 2 is 1.79 bits per heavy atom. The second kappa shape index (κ2) is 10.6. The molecule has 1 saturated carbocycles. The zero-order valence-electron chi connectivity index (χ0n) is 18.7. The Morgan fingerprint density at radius 3 is 2.38 bits per heavy atom. The molecule has 4 atom stereocenters. The van der Waals surface area contributed by atoms with E-state index in [1.807, 2.05) is 13.0 Å². The van der Waals surface area contributed by atoms with Crippen LogP contribution in [0, 0.1) is 17.3 Å². The Hall–Kier alpha value is -1.39. The molecule has 2 rings (SSSR count). The van der Waals surface area contributed by atoms with Crippen LogP contribution in [0.2, 0.25) is 0 Å². The summed E-state index contributed by atoms with van der Waals surface area (Å²) < 4.78 is 6.26. The molecule has 164 valence electrons.